The Hall–Kier alpha value is -2.09. The molecule has 1 aromatic carbocycles. The highest BCUT2D eigenvalue weighted by molar-refractivity contribution is 7.99. The molecule has 23 heavy (non-hydrogen) atoms. The van der Waals surface area contributed by atoms with E-state index in [4.69, 9.17) is 0 Å². The van der Waals surface area contributed by atoms with Crippen molar-refractivity contribution in [1.29, 1.82) is 0 Å². The van der Waals surface area contributed by atoms with Crippen LogP contribution < -0.4 is 10.2 Å². The van der Waals surface area contributed by atoms with Crippen LogP contribution >= 0.6 is 11.8 Å². The van der Waals surface area contributed by atoms with E-state index in [9.17, 15) is 9.18 Å². The summed E-state index contributed by atoms with van der Waals surface area (Å²) in [6, 6.07) is 4.55. The minimum atomic E-state index is -0.522. The molecule has 1 aromatic heterocycles. The Bertz CT molecular complexity index is 673. The second-order valence-electron chi connectivity index (χ2n) is 5.34. The Morgan fingerprint density at radius 1 is 1.43 bits per heavy atom. The summed E-state index contributed by atoms with van der Waals surface area (Å²) in [7, 11) is 0. The van der Waals surface area contributed by atoms with Crippen molar-refractivity contribution in [2.45, 2.75) is 13.0 Å². The molecule has 3 rings (SSSR count). The zero-order valence-corrected chi connectivity index (χ0v) is 13.6. The second-order valence-corrected chi connectivity index (χ2v) is 6.57. The van der Waals surface area contributed by atoms with Crippen LogP contribution in [0.3, 0.4) is 0 Å². The summed E-state index contributed by atoms with van der Waals surface area (Å²) >= 11 is 1.88. The van der Waals surface area contributed by atoms with Crippen LogP contribution in [0.25, 0.3) is 0 Å². The predicted octanol–water partition coefficient (Wildman–Crippen LogP) is 1.72. The molecule has 1 saturated heterocycles. The van der Waals surface area contributed by atoms with E-state index in [1.54, 1.807) is 12.3 Å². The lowest BCUT2D eigenvalue weighted by Crippen LogP contribution is -2.33. The van der Waals surface area contributed by atoms with Gasteiger partial charge in [-0.25, -0.2) is 4.39 Å². The van der Waals surface area contributed by atoms with Gasteiger partial charge in [-0.05, 0) is 17.7 Å². The highest BCUT2D eigenvalue weighted by atomic mass is 32.2. The number of nitrogens with one attached hydrogen (secondary N) is 2. The average molecular weight is 335 g/mol. The third-order valence-corrected chi connectivity index (χ3v) is 4.68. The molecule has 1 fully saturated rings. The van der Waals surface area contributed by atoms with Gasteiger partial charge in [0.25, 0.3) is 0 Å². The average Bonchev–Trinajstić information content (AvgIpc) is 3.07. The largest absolute Gasteiger partial charge is 0.368 e. The first-order chi connectivity index (χ1) is 11.1. The molecule has 6 nitrogen and oxygen atoms in total. The maximum absolute atomic E-state index is 14.6. The van der Waals surface area contributed by atoms with Gasteiger partial charge in [0.15, 0.2) is 0 Å². The number of thioether (sulfide) groups is 1. The second kappa shape index (κ2) is 6.99. The Balaban J connectivity index is 1.88. The first-order valence-corrected chi connectivity index (χ1v) is 8.56. The highest BCUT2D eigenvalue weighted by Crippen LogP contribution is 2.27. The normalized spacial score (nSPS) is 16.2. The van der Waals surface area contributed by atoms with Crippen LogP contribution in [0.5, 0.6) is 0 Å². The van der Waals surface area contributed by atoms with Crippen molar-refractivity contribution in [2.24, 2.45) is 0 Å². The van der Waals surface area contributed by atoms with Gasteiger partial charge in [0, 0.05) is 37.7 Å². The molecule has 2 aromatic rings. The van der Waals surface area contributed by atoms with Crippen molar-refractivity contribution < 1.29 is 9.18 Å². The van der Waals surface area contributed by atoms with E-state index in [0.29, 0.717) is 16.9 Å². The lowest BCUT2D eigenvalue weighted by atomic mass is 10.0. The summed E-state index contributed by atoms with van der Waals surface area (Å²) in [6.45, 7) is 3.11. The number of hydrogen-bond donors (Lipinski definition) is 2. The topological polar surface area (TPSA) is 73.9 Å². The molecular weight excluding hydrogens is 317 g/mol. The van der Waals surface area contributed by atoms with Crippen molar-refractivity contribution in [3.63, 3.8) is 0 Å². The minimum Gasteiger partial charge on any atom is -0.368 e. The molecule has 8 heteroatoms. The van der Waals surface area contributed by atoms with Gasteiger partial charge >= 0.3 is 0 Å². The quantitative estimate of drug-likeness (QED) is 0.890. The van der Waals surface area contributed by atoms with Crippen LogP contribution in [0, 0.1) is 5.82 Å². The zero-order valence-electron chi connectivity index (χ0n) is 12.8. The fraction of sp³-hybridized carbons (Fsp3) is 0.400. The van der Waals surface area contributed by atoms with Gasteiger partial charge in [-0.1, -0.05) is 11.3 Å². The Kier molecular flexibility index (Phi) is 4.80. The summed E-state index contributed by atoms with van der Waals surface area (Å²) in [5.41, 5.74) is 1.79. The Labute approximate surface area is 137 Å². The predicted molar refractivity (Wildman–Crippen MR) is 88.0 cm³/mol. The van der Waals surface area contributed by atoms with Gasteiger partial charge in [0.2, 0.25) is 5.91 Å². The molecule has 0 saturated carbocycles. The highest BCUT2D eigenvalue weighted by Gasteiger charge is 2.21. The Morgan fingerprint density at radius 2 is 2.22 bits per heavy atom. The maximum Gasteiger partial charge on any atom is 0.217 e. The molecule has 2 N–H and O–H groups in total. The van der Waals surface area contributed by atoms with Crippen LogP contribution in [0.4, 0.5) is 10.1 Å². The van der Waals surface area contributed by atoms with Gasteiger partial charge in [0.1, 0.15) is 11.5 Å². The molecular formula is C15H18FN5OS. The van der Waals surface area contributed by atoms with Gasteiger partial charge < -0.3 is 10.2 Å². The lowest BCUT2D eigenvalue weighted by Gasteiger charge is -2.29. The number of aromatic amines is 1. The molecule has 0 radical (unpaired) electrons. The first-order valence-electron chi connectivity index (χ1n) is 7.41. The molecule has 0 bridgehead atoms. The summed E-state index contributed by atoms with van der Waals surface area (Å²) in [5.74, 6) is 1.52. The molecule has 1 aliphatic rings. The number of amides is 1. The van der Waals surface area contributed by atoms with Crippen molar-refractivity contribution >= 4 is 23.4 Å². The van der Waals surface area contributed by atoms with Gasteiger partial charge in [0.05, 0.1) is 11.7 Å². The zero-order chi connectivity index (χ0) is 16.2. The number of nitrogens with zero attached hydrogens (tertiary/aromatic N) is 3. The standard InChI is InChI=1S/C15H18FN5OS/c1-10(22)18-15(13-9-17-20-19-13)11-2-3-14(12(16)8-11)21-4-6-23-7-5-21/h2-3,8-9,15H,4-7H2,1H3,(H,18,22)(H,17,19,20). The first kappa shape index (κ1) is 15.8. The molecule has 1 unspecified atom stereocenters. The molecule has 1 aliphatic heterocycles. The van der Waals surface area contributed by atoms with Crippen LogP contribution in [-0.2, 0) is 4.79 Å². The van der Waals surface area contributed by atoms with E-state index in [1.807, 2.05) is 17.8 Å². The molecule has 0 aliphatic carbocycles. The number of rotatable bonds is 4. The number of carbonyl (C=O) groups is 1. The number of H-pyrrole nitrogens is 1. The van der Waals surface area contributed by atoms with E-state index in [-0.39, 0.29) is 11.7 Å². The number of halogens is 1. The number of aromatic nitrogens is 3. The molecule has 0 spiro atoms. The van der Waals surface area contributed by atoms with E-state index in [1.165, 1.54) is 13.0 Å². The van der Waals surface area contributed by atoms with Crippen molar-refractivity contribution in [1.82, 2.24) is 20.7 Å². The van der Waals surface area contributed by atoms with E-state index in [2.05, 4.69) is 25.6 Å². The smallest absolute Gasteiger partial charge is 0.217 e. The molecule has 1 amide bonds. The summed E-state index contributed by atoms with van der Waals surface area (Å²) in [6.07, 6.45) is 1.59. The number of carbonyl (C=O) groups excluding carboxylic acids is 1. The summed E-state index contributed by atoms with van der Waals surface area (Å²) in [4.78, 5) is 13.5. The molecule has 2 heterocycles. The number of anilines is 1. The third kappa shape index (κ3) is 3.64. The number of hydrogen-bond acceptors (Lipinski definition) is 5. The maximum atomic E-state index is 14.6. The molecule has 1 atom stereocenters. The fourth-order valence-corrected chi connectivity index (χ4v) is 3.55. The fourth-order valence-electron chi connectivity index (χ4n) is 2.65. The van der Waals surface area contributed by atoms with E-state index in [0.717, 1.165) is 24.6 Å². The van der Waals surface area contributed by atoms with Gasteiger partial charge in [-0.15, -0.1) is 5.10 Å². The number of benzene rings is 1. The van der Waals surface area contributed by atoms with Crippen molar-refractivity contribution in [3.8, 4) is 0 Å². The minimum absolute atomic E-state index is 0.212. The summed E-state index contributed by atoms with van der Waals surface area (Å²) < 4.78 is 14.6. The SMILES string of the molecule is CC(=O)NC(c1ccc(N2CCSCC2)c(F)c1)c1c[nH]nn1. The van der Waals surface area contributed by atoms with Crippen molar-refractivity contribution in [3.05, 3.63) is 41.5 Å². The van der Waals surface area contributed by atoms with Crippen LogP contribution in [0.2, 0.25) is 0 Å². The summed E-state index contributed by atoms with van der Waals surface area (Å²) in [5, 5.41) is 13.0. The van der Waals surface area contributed by atoms with Crippen LogP contribution in [-0.4, -0.2) is 45.9 Å². The third-order valence-electron chi connectivity index (χ3n) is 3.74. The van der Waals surface area contributed by atoms with Crippen LogP contribution in [0.1, 0.15) is 24.2 Å². The van der Waals surface area contributed by atoms with E-state index >= 15 is 0 Å². The van der Waals surface area contributed by atoms with Gasteiger partial charge in [-0.3, -0.25) is 9.89 Å². The Morgan fingerprint density at radius 3 is 2.83 bits per heavy atom. The lowest BCUT2D eigenvalue weighted by molar-refractivity contribution is -0.119. The van der Waals surface area contributed by atoms with Gasteiger partial charge in [-0.2, -0.15) is 11.8 Å². The van der Waals surface area contributed by atoms with Crippen LogP contribution in [0.15, 0.2) is 24.4 Å². The van der Waals surface area contributed by atoms with E-state index < -0.39 is 6.04 Å². The van der Waals surface area contributed by atoms with Crippen molar-refractivity contribution in [2.75, 3.05) is 29.5 Å². The molecule has 122 valence electrons. The monoisotopic (exact) mass is 335 g/mol.